The van der Waals surface area contributed by atoms with E-state index in [0.29, 0.717) is 11.6 Å². The molecule has 3 nitrogen and oxygen atoms in total. The molecule has 0 unspecified atom stereocenters. The van der Waals surface area contributed by atoms with Crippen LogP contribution in [-0.2, 0) is 0 Å². The van der Waals surface area contributed by atoms with E-state index in [1.807, 2.05) is 42.5 Å². The second kappa shape index (κ2) is 8.01. The quantitative estimate of drug-likeness (QED) is 0.286. The van der Waals surface area contributed by atoms with Gasteiger partial charge in [0.05, 0.1) is 0 Å². The summed E-state index contributed by atoms with van der Waals surface area (Å²) in [5.74, 6) is 1.14. The maximum Gasteiger partial charge on any atom is 0.226 e. The molecule has 6 rings (SSSR count). The number of benzene rings is 4. The van der Waals surface area contributed by atoms with Crippen LogP contribution in [0.5, 0.6) is 0 Å². The molecule has 0 bridgehead atoms. The maximum absolute atomic E-state index is 6.29. The normalized spacial score (nSPS) is 13.4. The lowest BCUT2D eigenvalue weighted by molar-refractivity contribution is 1.07. The van der Waals surface area contributed by atoms with Crippen LogP contribution in [0.1, 0.15) is 0 Å². The summed E-state index contributed by atoms with van der Waals surface area (Å²) in [7, 11) is -1.66. The van der Waals surface area contributed by atoms with Crippen LogP contribution in [0.15, 0.2) is 97.1 Å². The van der Waals surface area contributed by atoms with Crippen molar-refractivity contribution in [2.45, 2.75) is 13.1 Å². The number of hydrogen-bond acceptors (Lipinski definition) is 3. The molecular weight excluding hydrogens is 454 g/mol. The largest absolute Gasteiger partial charge is 0.226 e. The SMILES string of the molecule is C[Si]1(C)c2ccccc2-c2cc(-c3cccc(-c4nc(Cl)nc(-c5ccccc5)n4)c3)ccc21. The molecule has 1 aromatic heterocycles. The summed E-state index contributed by atoms with van der Waals surface area (Å²) in [6.07, 6.45) is 0. The molecular formula is C29H22ClN3Si. The molecule has 2 heterocycles. The van der Waals surface area contributed by atoms with Gasteiger partial charge in [0.15, 0.2) is 11.6 Å². The van der Waals surface area contributed by atoms with Gasteiger partial charge in [-0.15, -0.1) is 0 Å². The van der Waals surface area contributed by atoms with Crippen LogP contribution in [0.25, 0.3) is 45.0 Å². The van der Waals surface area contributed by atoms with E-state index in [4.69, 9.17) is 16.6 Å². The highest BCUT2D eigenvalue weighted by atomic mass is 35.5. The van der Waals surface area contributed by atoms with Crippen LogP contribution in [0, 0.1) is 0 Å². The molecule has 1 aliphatic heterocycles. The fourth-order valence-corrected chi connectivity index (χ4v) is 8.17. The van der Waals surface area contributed by atoms with E-state index in [2.05, 4.69) is 77.7 Å². The van der Waals surface area contributed by atoms with Crippen molar-refractivity contribution in [1.29, 1.82) is 0 Å². The molecule has 0 N–H and O–H groups in total. The maximum atomic E-state index is 6.29. The standard InChI is InChI=1S/C29H22ClN3Si/c1-34(2)25-14-7-6-13-23(25)24-18-21(15-16-26(24)34)20-11-8-12-22(17-20)28-31-27(32-29(30)33-28)19-9-4-3-5-10-19/h3-18H,1-2H3. The van der Waals surface area contributed by atoms with E-state index in [0.717, 1.165) is 16.7 Å². The molecule has 0 aliphatic carbocycles. The molecule has 34 heavy (non-hydrogen) atoms. The van der Waals surface area contributed by atoms with Gasteiger partial charge in [0, 0.05) is 11.1 Å². The van der Waals surface area contributed by atoms with Gasteiger partial charge < -0.3 is 0 Å². The second-order valence-electron chi connectivity index (χ2n) is 9.13. The third-order valence-electron chi connectivity index (χ3n) is 6.68. The fraction of sp³-hybridized carbons (Fsp3) is 0.0690. The predicted molar refractivity (Wildman–Crippen MR) is 143 cm³/mol. The Balaban J connectivity index is 1.43. The van der Waals surface area contributed by atoms with Gasteiger partial charge in [-0.1, -0.05) is 98.0 Å². The molecule has 5 heteroatoms. The first kappa shape index (κ1) is 21.0. The first-order valence-corrected chi connectivity index (χ1v) is 14.7. The smallest absolute Gasteiger partial charge is 0.208 e. The minimum absolute atomic E-state index is 0.190. The average Bonchev–Trinajstić information content (AvgIpc) is 3.11. The van der Waals surface area contributed by atoms with Crippen molar-refractivity contribution >= 4 is 30.0 Å². The third kappa shape index (κ3) is 3.47. The monoisotopic (exact) mass is 475 g/mol. The lowest BCUT2D eigenvalue weighted by Crippen LogP contribution is -2.49. The zero-order valence-electron chi connectivity index (χ0n) is 19.0. The summed E-state index contributed by atoms with van der Waals surface area (Å²) in [4.78, 5) is 13.5. The average molecular weight is 476 g/mol. The summed E-state index contributed by atoms with van der Waals surface area (Å²) in [5, 5.41) is 3.21. The van der Waals surface area contributed by atoms with Crippen LogP contribution >= 0.6 is 11.6 Å². The van der Waals surface area contributed by atoms with E-state index in [1.165, 1.54) is 27.1 Å². The van der Waals surface area contributed by atoms with Crippen LogP contribution in [-0.4, -0.2) is 23.0 Å². The van der Waals surface area contributed by atoms with Gasteiger partial charge in [-0.05, 0) is 56.4 Å². The molecule has 0 saturated carbocycles. The highest BCUT2D eigenvalue weighted by molar-refractivity contribution is 7.03. The van der Waals surface area contributed by atoms with E-state index in [9.17, 15) is 0 Å². The van der Waals surface area contributed by atoms with Crippen molar-refractivity contribution in [3.05, 3.63) is 102 Å². The number of hydrogen-bond donors (Lipinski definition) is 0. The summed E-state index contributed by atoms with van der Waals surface area (Å²) in [6, 6.07) is 33.9. The Labute approximate surface area is 205 Å². The zero-order chi connectivity index (χ0) is 23.3. The van der Waals surface area contributed by atoms with Crippen molar-refractivity contribution in [3.63, 3.8) is 0 Å². The highest BCUT2D eigenvalue weighted by Crippen LogP contribution is 2.33. The van der Waals surface area contributed by atoms with Crippen LogP contribution in [0.2, 0.25) is 18.4 Å². The number of halogens is 1. The van der Waals surface area contributed by atoms with Crippen LogP contribution < -0.4 is 10.4 Å². The van der Waals surface area contributed by atoms with Crippen molar-refractivity contribution < 1.29 is 0 Å². The Morgan fingerprint density at radius 2 is 1.15 bits per heavy atom. The van der Waals surface area contributed by atoms with E-state index >= 15 is 0 Å². The Morgan fingerprint density at radius 3 is 1.97 bits per heavy atom. The number of aromatic nitrogens is 3. The van der Waals surface area contributed by atoms with Crippen molar-refractivity contribution in [3.8, 4) is 45.0 Å². The predicted octanol–water partition coefficient (Wildman–Crippen LogP) is 6.33. The van der Waals surface area contributed by atoms with Crippen molar-refractivity contribution in [2.75, 3.05) is 0 Å². The lowest BCUT2D eigenvalue weighted by atomic mass is 9.98. The van der Waals surface area contributed by atoms with E-state index in [-0.39, 0.29) is 5.28 Å². The van der Waals surface area contributed by atoms with Gasteiger partial charge >= 0.3 is 0 Å². The Bertz CT molecular complexity index is 1550. The number of nitrogens with zero attached hydrogens (tertiary/aromatic N) is 3. The van der Waals surface area contributed by atoms with E-state index in [1.54, 1.807) is 0 Å². The van der Waals surface area contributed by atoms with Gasteiger partial charge in [0.1, 0.15) is 8.07 Å². The fourth-order valence-electron chi connectivity index (χ4n) is 4.93. The molecule has 164 valence electrons. The molecule has 0 fully saturated rings. The van der Waals surface area contributed by atoms with Gasteiger partial charge in [0.25, 0.3) is 0 Å². The first-order valence-electron chi connectivity index (χ1n) is 11.3. The number of fused-ring (bicyclic) bond motifs is 3. The summed E-state index contributed by atoms with van der Waals surface area (Å²) < 4.78 is 0. The summed E-state index contributed by atoms with van der Waals surface area (Å²) >= 11 is 6.29. The Hall–Kier alpha value is -3.60. The molecule has 0 atom stereocenters. The molecule has 4 aromatic carbocycles. The third-order valence-corrected chi connectivity index (χ3v) is 10.4. The van der Waals surface area contributed by atoms with Crippen molar-refractivity contribution in [1.82, 2.24) is 15.0 Å². The molecule has 5 aromatic rings. The van der Waals surface area contributed by atoms with E-state index < -0.39 is 8.07 Å². The lowest BCUT2D eigenvalue weighted by Gasteiger charge is -2.18. The second-order valence-corrected chi connectivity index (χ2v) is 13.8. The molecule has 0 amide bonds. The topological polar surface area (TPSA) is 38.7 Å². The van der Waals surface area contributed by atoms with Crippen molar-refractivity contribution in [2.24, 2.45) is 0 Å². The molecule has 1 aliphatic rings. The molecule has 0 radical (unpaired) electrons. The van der Waals surface area contributed by atoms with Gasteiger partial charge in [-0.3, -0.25) is 0 Å². The highest BCUT2D eigenvalue weighted by Gasteiger charge is 2.37. The Kier molecular flexibility index (Phi) is 4.94. The van der Waals surface area contributed by atoms with Crippen LogP contribution in [0.3, 0.4) is 0 Å². The molecule has 0 spiro atoms. The van der Waals surface area contributed by atoms with Gasteiger partial charge in [0.2, 0.25) is 5.28 Å². The van der Waals surface area contributed by atoms with Crippen LogP contribution in [0.4, 0.5) is 0 Å². The number of rotatable bonds is 3. The summed E-state index contributed by atoms with van der Waals surface area (Å²) in [5.41, 5.74) is 6.88. The van der Waals surface area contributed by atoms with Gasteiger partial charge in [-0.2, -0.15) is 9.97 Å². The first-order chi connectivity index (χ1) is 16.5. The Morgan fingerprint density at radius 1 is 0.529 bits per heavy atom. The summed E-state index contributed by atoms with van der Waals surface area (Å²) in [6.45, 7) is 4.87. The van der Waals surface area contributed by atoms with Gasteiger partial charge in [-0.25, -0.2) is 4.98 Å². The minimum Gasteiger partial charge on any atom is -0.208 e. The molecule has 0 saturated heterocycles. The minimum atomic E-state index is -1.66. The zero-order valence-corrected chi connectivity index (χ0v) is 20.7.